The molecule has 0 aliphatic carbocycles. The fraction of sp³-hybridized carbons (Fsp3) is 0.562. The van der Waals surface area contributed by atoms with Crippen molar-refractivity contribution in [2.24, 2.45) is 4.99 Å². The quantitative estimate of drug-likeness (QED) is 0.627. The number of oxazole rings is 1. The molecule has 0 saturated heterocycles. The molecule has 126 valence electrons. The summed E-state index contributed by atoms with van der Waals surface area (Å²) in [5.41, 5.74) is 3.01. The van der Waals surface area contributed by atoms with Gasteiger partial charge in [-0.15, -0.1) is 0 Å². The first-order valence-corrected chi connectivity index (χ1v) is 7.92. The molecule has 0 bridgehead atoms. The van der Waals surface area contributed by atoms with Gasteiger partial charge in [-0.2, -0.15) is 0 Å². The van der Waals surface area contributed by atoms with Crippen molar-refractivity contribution in [2.75, 3.05) is 7.05 Å². The lowest BCUT2D eigenvalue weighted by atomic mass is 10.1. The second kappa shape index (κ2) is 7.80. The second-order valence-corrected chi connectivity index (χ2v) is 5.27. The van der Waals surface area contributed by atoms with Gasteiger partial charge in [0, 0.05) is 25.6 Å². The third kappa shape index (κ3) is 4.12. The Morgan fingerprint density at radius 2 is 1.87 bits per heavy atom. The van der Waals surface area contributed by atoms with Crippen LogP contribution in [0.25, 0.3) is 0 Å². The molecule has 7 heteroatoms. The average molecular weight is 319 g/mol. The molecule has 23 heavy (non-hydrogen) atoms. The molecule has 2 rings (SSSR count). The lowest BCUT2D eigenvalue weighted by molar-refractivity contribution is 0.380. The molecular weight excluding hydrogens is 294 g/mol. The number of hydrogen-bond donors (Lipinski definition) is 2. The van der Waals surface area contributed by atoms with Crippen LogP contribution in [0.3, 0.4) is 0 Å². The van der Waals surface area contributed by atoms with Crippen molar-refractivity contribution in [3.63, 3.8) is 0 Å². The van der Waals surface area contributed by atoms with Crippen molar-refractivity contribution in [3.05, 3.63) is 34.4 Å². The van der Waals surface area contributed by atoms with Gasteiger partial charge in [-0.1, -0.05) is 19.0 Å². The Hall–Kier alpha value is -2.31. The molecule has 2 aromatic rings. The standard InChI is InChI=1S/C16H25N5O2/c1-6-13-12(14(7-2)23-21-13)8-18-16(17-5)19-9-15-20-10(3)11(4)22-15/h6-9H2,1-5H3,(H2,17,18,19). The van der Waals surface area contributed by atoms with Crippen LogP contribution in [0, 0.1) is 13.8 Å². The van der Waals surface area contributed by atoms with Crippen LogP contribution in [0.2, 0.25) is 0 Å². The Morgan fingerprint density at radius 3 is 2.43 bits per heavy atom. The van der Waals surface area contributed by atoms with Gasteiger partial charge >= 0.3 is 0 Å². The van der Waals surface area contributed by atoms with E-state index in [0.717, 1.165) is 41.3 Å². The maximum Gasteiger partial charge on any atom is 0.214 e. The SMILES string of the molecule is CCc1noc(CC)c1CNC(=NC)NCc1nc(C)c(C)o1. The lowest BCUT2D eigenvalue weighted by Gasteiger charge is -2.11. The van der Waals surface area contributed by atoms with Crippen molar-refractivity contribution in [1.82, 2.24) is 20.8 Å². The molecule has 2 heterocycles. The van der Waals surface area contributed by atoms with E-state index < -0.39 is 0 Å². The van der Waals surface area contributed by atoms with E-state index in [1.165, 1.54) is 0 Å². The van der Waals surface area contributed by atoms with E-state index in [9.17, 15) is 0 Å². The number of nitrogens with one attached hydrogen (secondary N) is 2. The van der Waals surface area contributed by atoms with Gasteiger partial charge in [0.25, 0.3) is 0 Å². The largest absolute Gasteiger partial charge is 0.444 e. The highest BCUT2D eigenvalue weighted by Gasteiger charge is 2.14. The van der Waals surface area contributed by atoms with Crippen molar-refractivity contribution in [2.45, 2.75) is 53.6 Å². The molecule has 0 aliphatic rings. The maximum absolute atomic E-state index is 5.55. The van der Waals surface area contributed by atoms with Crippen LogP contribution in [0.15, 0.2) is 13.9 Å². The highest BCUT2D eigenvalue weighted by atomic mass is 16.5. The van der Waals surface area contributed by atoms with E-state index in [0.29, 0.717) is 24.9 Å². The summed E-state index contributed by atoms with van der Waals surface area (Å²) < 4.78 is 10.9. The lowest BCUT2D eigenvalue weighted by Crippen LogP contribution is -2.36. The molecule has 2 N–H and O–H groups in total. The highest BCUT2D eigenvalue weighted by Crippen LogP contribution is 2.15. The molecule has 0 radical (unpaired) electrons. The molecule has 2 aromatic heterocycles. The van der Waals surface area contributed by atoms with E-state index in [1.807, 2.05) is 13.8 Å². The zero-order valence-corrected chi connectivity index (χ0v) is 14.5. The number of aromatic nitrogens is 2. The van der Waals surface area contributed by atoms with Gasteiger partial charge < -0.3 is 19.6 Å². The van der Waals surface area contributed by atoms with Crippen molar-refractivity contribution >= 4 is 5.96 Å². The molecule has 0 atom stereocenters. The molecule has 0 saturated carbocycles. The van der Waals surface area contributed by atoms with Gasteiger partial charge in [-0.05, 0) is 20.3 Å². The molecule has 0 aromatic carbocycles. The van der Waals surface area contributed by atoms with Crippen LogP contribution in [-0.2, 0) is 25.9 Å². The van der Waals surface area contributed by atoms with Gasteiger partial charge in [0.2, 0.25) is 5.89 Å². The van der Waals surface area contributed by atoms with E-state index in [1.54, 1.807) is 7.05 Å². The Labute approximate surface area is 136 Å². The first-order valence-electron chi connectivity index (χ1n) is 7.92. The molecule has 7 nitrogen and oxygen atoms in total. The molecule has 0 unspecified atom stereocenters. The first-order chi connectivity index (χ1) is 11.1. The minimum Gasteiger partial charge on any atom is -0.444 e. The van der Waals surface area contributed by atoms with Crippen LogP contribution < -0.4 is 10.6 Å². The van der Waals surface area contributed by atoms with Gasteiger partial charge in [-0.3, -0.25) is 4.99 Å². The van der Waals surface area contributed by atoms with Crippen molar-refractivity contribution < 1.29 is 8.94 Å². The number of nitrogens with zero attached hydrogens (tertiary/aromatic N) is 3. The summed E-state index contributed by atoms with van der Waals surface area (Å²) in [5.74, 6) is 3.10. The Morgan fingerprint density at radius 1 is 1.13 bits per heavy atom. The summed E-state index contributed by atoms with van der Waals surface area (Å²) in [6.07, 6.45) is 1.67. The van der Waals surface area contributed by atoms with Gasteiger partial charge in [0.05, 0.1) is 17.9 Å². The van der Waals surface area contributed by atoms with Gasteiger partial charge in [0.1, 0.15) is 11.5 Å². The van der Waals surface area contributed by atoms with E-state index in [2.05, 4.69) is 39.6 Å². The Kier molecular flexibility index (Phi) is 5.78. The van der Waals surface area contributed by atoms with Crippen LogP contribution in [0.5, 0.6) is 0 Å². The summed E-state index contributed by atoms with van der Waals surface area (Å²) >= 11 is 0. The van der Waals surface area contributed by atoms with Crippen molar-refractivity contribution in [3.8, 4) is 0 Å². The molecule has 0 aliphatic heterocycles. The van der Waals surface area contributed by atoms with Crippen LogP contribution in [0.1, 0.15) is 48.2 Å². The summed E-state index contributed by atoms with van der Waals surface area (Å²) in [6, 6.07) is 0. The van der Waals surface area contributed by atoms with Crippen LogP contribution >= 0.6 is 0 Å². The number of guanidine groups is 1. The zero-order valence-electron chi connectivity index (χ0n) is 14.5. The van der Waals surface area contributed by atoms with Crippen molar-refractivity contribution in [1.29, 1.82) is 0 Å². The van der Waals surface area contributed by atoms with E-state index >= 15 is 0 Å². The van der Waals surface area contributed by atoms with Gasteiger partial charge in [0.15, 0.2) is 5.96 Å². The van der Waals surface area contributed by atoms with E-state index in [4.69, 9.17) is 8.94 Å². The third-order valence-corrected chi connectivity index (χ3v) is 3.74. The first kappa shape index (κ1) is 17.1. The molecule has 0 fully saturated rings. The second-order valence-electron chi connectivity index (χ2n) is 5.27. The third-order valence-electron chi connectivity index (χ3n) is 3.74. The number of rotatable bonds is 6. The normalized spacial score (nSPS) is 11.8. The minimum atomic E-state index is 0.485. The average Bonchev–Trinajstić information content (AvgIpc) is 3.10. The summed E-state index contributed by atoms with van der Waals surface area (Å²) in [6.45, 7) is 9.08. The summed E-state index contributed by atoms with van der Waals surface area (Å²) in [5, 5.41) is 10.6. The summed E-state index contributed by atoms with van der Waals surface area (Å²) in [4.78, 5) is 8.56. The minimum absolute atomic E-state index is 0.485. The van der Waals surface area contributed by atoms with E-state index in [-0.39, 0.29) is 0 Å². The number of aliphatic imine (C=N–C) groups is 1. The predicted octanol–water partition coefficient (Wildman–Crippen LogP) is 2.27. The van der Waals surface area contributed by atoms with Crippen LogP contribution in [0.4, 0.5) is 0 Å². The number of hydrogen-bond acceptors (Lipinski definition) is 5. The molecule has 0 amide bonds. The topological polar surface area (TPSA) is 88.5 Å². The smallest absolute Gasteiger partial charge is 0.214 e. The fourth-order valence-corrected chi connectivity index (χ4v) is 2.30. The van der Waals surface area contributed by atoms with Gasteiger partial charge in [-0.25, -0.2) is 4.98 Å². The summed E-state index contributed by atoms with van der Waals surface area (Å²) in [7, 11) is 1.73. The highest BCUT2D eigenvalue weighted by molar-refractivity contribution is 5.79. The number of aryl methyl sites for hydroxylation is 4. The molecule has 0 spiro atoms. The Bertz CT molecular complexity index is 631. The zero-order chi connectivity index (χ0) is 16.8. The monoisotopic (exact) mass is 319 g/mol. The molecular formula is C16H25N5O2. The van der Waals surface area contributed by atoms with Crippen LogP contribution in [-0.4, -0.2) is 23.1 Å². The predicted molar refractivity (Wildman–Crippen MR) is 88.3 cm³/mol. The Balaban J connectivity index is 1.94. The maximum atomic E-state index is 5.55. The fourth-order valence-electron chi connectivity index (χ4n) is 2.30.